The molecule has 1 amide bonds. The Morgan fingerprint density at radius 2 is 2.28 bits per heavy atom. The molecule has 7 heteroatoms. The van der Waals surface area contributed by atoms with Gasteiger partial charge in [0.1, 0.15) is 5.69 Å². The average molecular weight is 316 g/mol. The number of amides is 1. The Bertz CT molecular complexity index is 465. The Balaban J connectivity index is 2.90. The Morgan fingerprint density at radius 3 is 2.83 bits per heavy atom. The first-order chi connectivity index (χ1) is 8.45. The average Bonchev–Trinajstić information content (AvgIpc) is 2.31. The zero-order valence-electron chi connectivity index (χ0n) is 9.85. The first-order valence-electron chi connectivity index (χ1n) is 5.46. The molecule has 0 spiro atoms. The summed E-state index contributed by atoms with van der Waals surface area (Å²) in [6, 6.07) is 3.77. The molecule has 98 valence electrons. The molecule has 0 aliphatic rings. The number of benzene rings is 1. The second-order valence-electron chi connectivity index (χ2n) is 3.80. The molecule has 0 aromatic heterocycles. The number of nitrogens with one attached hydrogen (secondary N) is 1. The third kappa shape index (κ3) is 3.78. The number of nitrogens with zero attached hydrogens (tertiary/aromatic N) is 1. The fraction of sp³-hybridized carbons (Fsp3) is 0.364. The highest BCUT2D eigenvalue weighted by molar-refractivity contribution is 9.10. The van der Waals surface area contributed by atoms with Crippen LogP contribution in [0.15, 0.2) is 22.7 Å². The van der Waals surface area contributed by atoms with Gasteiger partial charge in [0.2, 0.25) is 5.91 Å². The molecular formula is C11H14BrN3O3. The lowest BCUT2D eigenvalue weighted by molar-refractivity contribution is -0.384. The van der Waals surface area contributed by atoms with Crippen molar-refractivity contribution in [2.24, 2.45) is 5.73 Å². The standard InChI is InChI=1S/C11H14BrN3O3/c1-2-3-8(13)11(16)14-9-5-4-7(12)6-10(9)15(17)18/h4-6,8H,2-3,13H2,1H3,(H,14,16)/t8-/m0/s1. The fourth-order valence-corrected chi connectivity index (χ4v) is 1.78. The van der Waals surface area contributed by atoms with Gasteiger partial charge in [-0.05, 0) is 18.6 Å². The minimum Gasteiger partial charge on any atom is -0.320 e. The molecule has 0 aliphatic carbocycles. The van der Waals surface area contributed by atoms with Gasteiger partial charge in [0.05, 0.1) is 11.0 Å². The molecule has 3 N–H and O–H groups in total. The Labute approximate surface area is 113 Å². The van der Waals surface area contributed by atoms with Crippen LogP contribution in [0.5, 0.6) is 0 Å². The molecule has 0 saturated carbocycles. The van der Waals surface area contributed by atoms with E-state index in [4.69, 9.17) is 5.73 Å². The molecule has 1 atom stereocenters. The van der Waals surface area contributed by atoms with E-state index in [1.54, 1.807) is 6.07 Å². The monoisotopic (exact) mass is 315 g/mol. The summed E-state index contributed by atoms with van der Waals surface area (Å²) in [7, 11) is 0. The number of hydrogen-bond acceptors (Lipinski definition) is 4. The number of nitro groups is 1. The van der Waals surface area contributed by atoms with Crippen LogP contribution in [0.25, 0.3) is 0 Å². The Kier molecular flexibility index (Phi) is 5.24. The van der Waals surface area contributed by atoms with E-state index in [-0.39, 0.29) is 11.4 Å². The lowest BCUT2D eigenvalue weighted by Gasteiger charge is -2.11. The summed E-state index contributed by atoms with van der Waals surface area (Å²) in [5, 5.41) is 13.3. The van der Waals surface area contributed by atoms with Crippen molar-refractivity contribution >= 4 is 33.2 Å². The van der Waals surface area contributed by atoms with Gasteiger partial charge in [-0.1, -0.05) is 29.3 Å². The van der Waals surface area contributed by atoms with E-state index < -0.39 is 16.9 Å². The van der Waals surface area contributed by atoms with Crippen molar-refractivity contribution in [3.8, 4) is 0 Å². The first-order valence-corrected chi connectivity index (χ1v) is 6.25. The third-order valence-electron chi connectivity index (χ3n) is 2.35. The maximum atomic E-state index is 11.7. The zero-order chi connectivity index (χ0) is 13.7. The summed E-state index contributed by atoms with van der Waals surface area (Å²) in [5.41, 5.74) is 5.63. The summed E-state index contributed by atoms with van der Waals surface area (Å²) in [5.74, 6) is -0.415. The van der Waals surface area contributed by atoms with Crippen LogP contribution in [0, 0.1) is 10.1 Å². The van der Waals surface area contributed by atoms with Crippen molar-refractivity contribution in [1.82, 2.24) is 0 Å². The van der Waals surface area contributed by atoms with Crippen LogP contribution in [0.3, 0.4) is 0 Å². The van der Waals surface area contributed by atoms with E-state index >= 15 is 0 Å². The summed E-state index contributed by atoms with van der Waals surface area (Å²) >= 11 is 3.14. The molecule has 1 aromatic carbocycles. The number of nitrogens with two attached hydrogens (primary N) is 1. The molecule has 1 aromatic rings. The van der Waals surface area contributed by atoms with Crippen LogP contribution in [0.4, 0.5) is 11.4 Å². The van der Waals surface area contributed by atoms with Crippen molar-refractivity contribution in [2.75, 3.05) is 5.32 Å². The van der Waals surface area contributed by atoms with Crippen LogP contribution in [-0.2, 0) is 4.79 Å². The van der Waals surface area contributed by atoms with Gasteiger partial charge >= 0.3 is 0 Å². The minimum absolute atomic E-state index is 0.153. The molecular weight excluding hydrogens is 302 g/mol. The number of carbonyl (C=O) groups is 1. The summed E-state index contributed by atoms with van der Waals surface area (Å²) in [6.07, 6.45) is 1.31. The fourth-order valence-electron chi connectivity index (χ4n) is 1.43. The maximum absolute atomic E-state index is 11.7. The topological polar surface area (TPSA) is 98.3 Å². The van der Waals surface area contributed by atoms with E-state index in [0.717, 1.165) is 6.42 Å². The minimum atomic E-state index is -0.654. The number of carbonyl (C=O) groups excluding carboxylic acids is 1. The molecule has 0 aliphatic heterocycles. The predicted octanol–water partition coefficient (Wildman–Crippen LogP) is 2.42. The summed E-state index contributed by atoms with van der Waals surface area (Å²) in [6.45, 7) is 1.91. The number of hydrogen-bond donors (Lipinski definition) is 2. The lowest BCUT2D eigenvalue weighted by atomic mass is 10.1. The summed E-state index contributed by atoms with van der Waals surface area (Å²) in [4.78, 5) is 22.0. The normalized spacial score (nSPS) is 11.9. The second kappa shape index (κ2) is 6.46. The molecule has 0 bridgehead atoms. The van der Waals surface area contributed by atoms with Crippen molar-refractivity contribution < 1.29 is 9.72 Å². The van der Waals surface area contributed by atoms with Crippen molar-refractivity contribution in [3.05, 3.63) is 32.8 Å². The van der Waals surface area contributed by atoms with E-state index in [1.807, 2.05) is 6.92 Å². The molecule has 18 heavy (non-hydrogen) atoms. The SMILES string of the molecule is CCC[C@H](N)C(=O)Nc1ccc(Br)cc1[N+](=O)[O-]. The smallest absolute Gasteiger partial charge is 0.293 e. The van der Waals surface area contributed by atoms with Gasteiger partial charge in [-0.15, -0.1) is 0 Å². The molecule has 0 heterocycles. The van der Waals surface area contributed by atoms with Gasteiger partial charge in [0.15, 0.2) is 0 Å². The van der Waals surface area contributed by atoms with Gasteiger partial charge in [0.25, 0.3) is 5.69 Å². The highest BCUT2D eigenvalue weighted by atomic mass is 79.9. The second-order valence-corrected chi connectivity index (χ2v) is 4.72. The van der Waals surface area contributed by atoms with Crippen LogP contribution in [-0.4, -0.2) is 16.9 Å². The van der Waals surface area contributed by atoms with Crippen LogP contribution < -0.4 is 11.1 Å². The molecule has 6 nitrogen and oxygen atoms in total. The Hall–Kier alpha value is -1.47. The molecule has 0 unspecified atom stereocenters. The number of anilines is 1. The van der Waals surface area contributed by atoms with Crippen molar-refractivity contribution in [1.29, 1.82) is 0 Å². The van der Waals surface area contributed by atoms with E-state index in [2.05, 4.69) is 21.2 Å². The van der Waals surface area contributed by atoms with E-state index in [0.29, 0.717) is 10.9 Å². The third-order valence-corrected chi connectivity index (χ3v) is 2.84. The first kappa shape index (κ1) is 14.6. The van der Waals surface area contributed by atoms with Crippen LogP contribution in [0.2, 0.25) is 0 Å². The molecule has 0 radical (unpaired) electrons. The van der Waals surface area contributed by atoms with Crippen LogP contribution >= 0.6 is 15.9 Å². The zero-order valence-corrected chi connectivity index (χ0v) is 11.4. The Morgan fingerprint density at radius 1 is 1.61 bits per heavy atom. The van der Waals surface area contributed by atoms with E-state index in [9.17, 15) is 14.9 Å². The number of nitro benzene ring substituents is 1. The van der Waals surface area contributed by atoms with Gasteiger partial charge in [-0.25, -0.2) is 0 Å². The van der Waals surface area contributed by atoms with Gasteiger partial charge in [-0.3, -0.25) is 14.9 Å². The maximum Gasteiger partial charge on any atom is 0.293 e. The van der Waals surface area contributed by atoms with Crippen LogP contribution in [0.1, 0.15) is 19.8 Å². The van der Waals surface area contributed by atoms with Crippen molar-refractivity contribution in [3.63, 3.8) is 0 Å². The van der Waals surface area contributed by atoms with Crippen molar-refractivity contribution in [2.45, 2.75) is 25.8 Å². The van der Waals surface area contributed by atoms with Gasteiger partial charge in [-0.2, -0.15) is 0 Å². The summed E-state index contributed by atoms with van der Waals surface area (Å²) < 4.78 is 0.574. The predicted molar refractivity (Wildman–Crippen MR) is 72.3 cm³/mol. The van der Waals surface area contributed by atoms with E-state index in [1.165, 1.54) is 12.1 Å². The molecule has 1 rings (SSSR count). The largest absolute Gasteiger partial charge is 0.320 e. The number of halogens is 1. The van der Waals surface area contributed by atoms with Gasteiger partial charge < -0.3 is 11.1 Å². The highest BCUT2D eigenvalue weighted by Gasteiger charge is 2.19. The molecule has 0 fully saturated rings. The highest BCUT2D eigenvalue weighted by Crippen LogP contribution is 2.28. The van der Waals surface area contributed by atoms with Gasteiger partial charge in [0, 0.05) is 10.5 Å². The quantitative estimate of drug-likeness (QED) is 0.644. The molecule has 0 saturated heterocycles. The number of rotatable bonds is 5. The lowest BCUT2D eigenvalue weighted by Crippen LogP contribution is -2.35.